The Morgan fingerprint density at radius 1 is 0.512 bits per heavy atom. The van der Waals surface area contributed by atoms with Gasteiger partial charge in [0.15, 0.2) is 0 Å². The monoisotopic (exact) mass is 579 g/mol. The lowest BCUT2D eigenvalue weighted by molar-refractivity contribution is 0.331. The summed E-state index contributed by atoms with van der Waals surface area (Å²) in [6, 6.07) is 41.6. The smallest absolute Gasteiger partial charge is 0.0590 e. The molecule has 43 heavy (non-hydrogen) atoms. The summed E-state index contributed by atoms with van der Waals surface area (Å²) in [6.45, 7) is 14.7. The Labute approximate surface area is 260 Å². The number of nitrogens with zero attached hydrogens (tertiary/aromatic N) is 1. The van der Waals surface area contributed by atoms with Gasteiger partial charge in [0.2, 0.25) is 0 Å². The Bertz CT molecular complexity index is 1910. The van der Waals surface area contributed by atoms with Crippen molar-refractivity contribution in [1.82, 2.24) is 0 Å². The number of para-hydroxylation sites is 1. The summed E-state index contributed by atoms with van der Waals surface area (Å²) in [5.41, 5.74) is 12.7. The number of benzene rings is 5. The van der Waals surface area contributed by atoms with Gasteiger partial charge < -0.3 is 4.90 Å². The zero-order chi connectivity index (χ0) is 29.7. The lowest BCUT2D eigenvalue weighted by Gasteiger charge is -2.50. The molecule has 3 aliphatic rings. The Balaban J connectivity index is 1.51. The molecule has 1 atom stereocenters. The minimum absolute atomic E-state index is 0.0711. The first-order chi connectivity index (χ1) is 20.6. The molecular formula is C41H41NS. The van der Waals surface area contributed by atoms with Crippen LogP contribution in [0.1, 0.15) is 76.6 Å². The number of fused-ring (bicyclic) bond motifs is 5. The number of rotatable bonds is 2. The first-order valence-electron chi connectivity index (χ1n) is 15.8. The normalized spacial score (nSPS) is 20.8. The molecule has 2 heteroatoms. The van der Waals surface area contributed by atoms with Crippen LogP contribution < -0.4 is 4.90 Å². The fourth-order valence-electron chi connectivity index (χ4n) is 8.03. The average Bonchev–Trinajstić information content (AvgIpc) is 3.01. The van der Waals surface area contributed by atoms with Gasteiger partial charge in [0.1, 0.15) is 0 Å². The molecule has 216 valence electrons. The number of hydrogen-bond acceptors (Lipinski definition) is 1. The van der Waals surface area contributed by atoms with Gasteiger partial charge in [-0.2, -0.15) is 10.9 Å². The Kier molecular flexibility index (Phi) is 5.70. The highest BCUT2D eigenvalue weighted by Crippen LogP contribution is 2.70. The number of anilines is 3. The summed E-state index contributed by atoms with van der Waals surface area (Å²) < 4.78 is 0. The average molecular weight is 580 g/mol. The van der Waals surface area contributed by atoms with Crippen LogP contribution in [0.2, 0.25) is 0 Å². The highest BCUT2D eigenvalue weighted by atomic mass is 32.2. The van der Waals surface area contributed by atoms with E-state index in [4.69, 9.17) is 0 Å². The minimum atomic E-state index is -0.720. The standard InChI is InChI=1S/C41H41NS/c1-39(2)23-24-40(3,4)32-26-37-35(25-31(32)39)42(33-20-12-10-17-28(33)27-15-8-7-9-16-27)34-21-14-19-30-38(34)43(37)36-22-13-11-18-29(36)41(30,5)6/h7-22,25-26,43H,23-24H2,1-6H3. The molecule has 2 aliphatic heterocycles. The van der Waals surface area contributed by atoms with Crippen molar-refractivity contribution in [2.75, 3.05) is 4.90 Å². The molecule has 0 saturated carbocycles. The molecule has 8 rings (SSSR count). The Hall–Kier alpha value is -3.75. The van der Waals surface area contributed by atoms with E-state index in [2.05, 4.69) is 156 Å². The molecule has 2 heterocycles. The minimum Gasteiger partial charge on any atom is -0.308 e. The van der Waals surface area contributed by atoms with Gasteiger partial charge in [-0.15, -0.1) is 0 Å². The van der Waals surface area contributed by atoms with Gasteiger partial charge in [-0.05, 0) is 86.7 Å². The highest BCUT2D eigenvalue weighted by molar-refractivity contribution is 8.17. The van der Waals surface area contributed by atoms with E-state index in [1.54, 1.807) is 5.56 Å². The molecule has 5 aromatic rings. The van der Waals surface area contributed by atoms with Crippen molar-refractivity contribution in [2.45, 2.75) is 85.3 Å². The van der Waals surface area contributed by atoms with Crippen molar-refractivity contribution >= 4 is 28.0 Å². The largest absolute Gasteiger partial charge is 0.308 e. The molecule has 0 fully saturated rings. The summed E-state index contributed by atoms with van der Waals surface area (Å²) in [6.07, 6.45) is 2.43. The molecular weight excluding hydrogens is 539 g/mol. The van der Waals surface area contributed by atoms with E-state index in [1.807, 2.05) is 0 Å². The molecule has 0 radical (unpaired) electrons. The fraction of sp³-hybridized carbons (Fsp3) is 0.268. The van der Waals surface area contributed by atoms with Gasteiger partial charge in [0.25, 0.3) is 0 Å². The van der Waals surface area contributed by atoms with Crippen molar-refractivity contribution in [3.8, 4) is 11.1 Å². The molecule has 0 saturated heterocycles. The molecule has 1 aliphatic carbocycles. The van der Waals surface area contributed by atoms with E-state index in [9.17, 15) is 0 Å². The summed E-state index contributed by atoms with van der Waals surface area (Å²) in [5, 5.41) is 0. The summed E-state index contributed by atoms with van der Waals surface area (Å²) in [7, 11) is -0.720. The van der Waals surface area contributed by atoms with Crippen molar-refractivity contribution in [3.05, 3.63) is 131 Å². The van der Waals surface area contributed by atoms with Crippen molar-refractivity contribution < 1.29 is 0 Å². The van der Waals surface area contributed by atoms with Crippen LogP contribution in [0.4, 0.5) is 17.1 Å². The van der Waals surface area contributed by atoms with Gasteiger partial charge in [0, 0.05) is 20.8 Å². The van der Waals surface area contributed by atoms with Gasteiger partial charge in [-0.25, -0.2) is 0 Å². The van der Waals surface area contributed by atoms with Crippen molar-refractivity contribution in [3.63, 3.8) is 0 Å². The molecule has 1 nitrogen and oxygen atoms in total. The van der Waals surface area contributed by atoms with E-state index >= 15 is 0 Å². The maximum Gasteiger partial charge on any atom is 0.0590 e. The lowest BCUT2D eigenvalue weighted by Crippen LogP contribution is -2.35. The zero-order valence-electron chi connectivity index (χ0n) is 26.2. The van der Waals surface area contributed by atoms with E-state index in [0.29, 0.717) is 0 Å². The van der Waals surface area contributed by atoms with Gasteiger partial charge in [0.05, 0.1) is 17.1 Å². The number of thiol groups is 1. The maximum absolute atomic E-state index is 2.66. The summed E-state index contributed by atoms with van der Waals surface area (Å²) >= 11 is 0. The van der Waals surface area contributed by atoms with Crippen LogP contribution in [0.15, 0.2) is 124 Å². The second kappa shape index (κ2) is 9.13. The quantitative estimate of drug-likeness (QED) is 0.200. The fourth-order valence-corrected chi connectivity index (χ4v) is 11.3. The van der Waals surface area contributed by atoms with E-state index in [0.717, 1.165) is 0 Å². The molecule has 0 N–H and O–H groups in total. The summed E-state index contributed by atoms with van der Waals surface area (Å²) in [5.74, 6) is 0. The van der Waals surface area contributed by atoms with Crippen LogP contribution in [0, 0.1) is 0 Å². The van der Waals surface area contributed by atoms with E-state index in [1.165, 1.54) is 72.4 Å². The van der Waals surface area contributed by atoms with Crippen molar-refractivity contribution in [1.29, 1.82) is 0 Å². The van der Waals surface area contributed by atoms with Crippen molar-refractivity contribution in [2.24, 2.45) is 0 Å². The zero-order valence-corrected chi connectivity index (χ0v) is 27.1. The third-order valence-electron chi connectivity index (χ3n) is 10.6. The molecule has 0 amide bonds. The lowest BCUT2D eigenvalue weighted by atomic mass is 9.63. The predicted octanol–water partition coefficient (Wildman–Crippen LogP) is 11.6. The second-order valence-electron chi connectivity index (χ2n) is 14.5. The van der Waals surface area contributed by atoms with Crippen LogP contribution in [0.25, 0.3) is 11.1 Å². The molecule has 0 spiro atoms. The Morgan fingerprint density at radius 3 is 1.88 bits per heavy atom. The summed E-state index contributed by atoms with van der Waals surface area (Å²) in [4.78, 5) is 7.18. The first-order valence-corrected chi connectivity index (χ1v) is 17.1. The topological polar surface area (TPSA) is 3.24 Å². The van der Waals surface area contributed by atoms with Crippen LogP contribution in [-0.2, 0) is 16.2 Å². The SMILES string of the molecule is CC1(C)CCC(C)(C)c2cc3c(cc21)N(c1ccccc1-c1ccccc1)c1cccc2c1[SH]3c1ccccc1C2(C)C. The van der Waals surface area contributed by atoms with Gasteiger partial charge in [-0.3, -0.25) is 0 Å². The van der Waals surface area contributed by atoms with Gasteiger partial charge in [-0.1, -0.05) is 120 Å². The van der Waals surface area contributed by atoms with Crippen LogP contribution in [-0.4, -0.2) is 0 Å². The molecule has 5 aromatic carbocycles. The molecule has 0 aromatic heterocycles. The first kappa shape index (κ1) is 26.8. The van der Waals surface area contributed by atoms with Crippen LogP contribution in [0.3, 0.4) is 0 Å². The van der Waals surface area contributed by atoms with E-state index in [-0.39, 0.29) is 16.2 Å². The second-order valence-corrected chi connectivity index (χ2v) is 16.6. The maximum atomic E-state index is 2.66. The van der Waals surface area contributed by atoms with Crippen LogP contribution in [0.5, 0.6) is 0 Å². The van der Waals surface area contributed by atoms with Crippen LogP contribution >= 0.6 is 10.9 Å². The van der Waals surface area contributed by atoms with E-state index < -0.39 is 10.9 Å². The molecule has 1 unspecified atom stereocenters. The Morgan fingerprint density at radius 2 is 1.12 bits per heavy atom. The predicted molar refractivity (Wildman–Crippen MR) is 184 cm³/mol. The third kappa shape index (κ3) is 3.78. The van der Waals surface area contributed by atoms with Gasteiger partial charge >= 0.3 is 0 Å². The molecule has 0 bridgehead atoms. The number of hydrogen-bond donors (Lipinski definition) is 1. The third-order valence-corrected chi connectivity index (χ3v) is 13.3. The highest BCUT2D eigenvalue weighted by Gasteiger charge is 2.45.